The average Bonchev–Trinajstić information content (AvgIpc) is 3.67. The Kier molecular flexibility index (Phi) is 8.60. The Morgan fingerprint density at radius 2 is 1.91 bits per heavy atom. The van der Waals surface area contributed by atoms with Crippen LogP contribution in [0.15, 0.2) is 72.9 Å². The van der Waals surface area contributed by atoms with Crippen LogP contribution in [0.5, 0.6) is 0 Å². The predicted octanol–water partition coefficient (Wildman–Crippen LogP) is 6.27. The highest BCUT2D eigenvalue weighted by atomic mass is 35.5. The molecule has 0 radical (unpaired) electrons. The first kappa shape index (κ1) is 31.0. The lowest BCUT2D eigenvalue weighted by atomic mass is 9.91. The van der Waals surface area contributed by atoms with Crippen molar-refractivity contribution in [2.45, 2.75) is 56.2 Å². The number of fused-ring (bicyclic) bond motifs is 1. The van der Waals surface area contributed by atoms with E-state index in [1.54, 1.807) is 66.9 Å². The number of anilines is 2. The third kappa shape index (κ3) is 6.23. The first-order chi connectivity index (χ1) is 22.1. The molecule has 3 aromatic carbocycles. The monoisotopic (exact) mass is 646 g/mol. The number of alkyl halides is 2. The van der Waals surface area contributed by atoms with Crippen LogP contribution in [0.2, 0.25) is 5.02 Å². The number of nitrogens with zero attached hydrogens (tertiary/aromatic N) is 4. The van der Waals surface area contributed by atoms with Crippen LogP contribution in [0.3, 0.4) is 0 Å². The first-order valence-electron chi connectivity index (χ1n) is 14.8. The number of ether oxygens (including phenoxy) is 1. The van der Waals surface area contributed by atoms with Crippen molar-refractivity contribution in [3.8, 4) is 6.07 Å². The predicted molar refractivity (Wildman–Crippen MR) is 167 cm³/mol. The molecule has 1 saturated carbocycles. The number of carbonyl (C=O) groups excluding carboxylic acids is 3. The molecule has 13 heteroatoms. The molecule has 3 amide bonds. The number of hydrogen-bond donors (Lipinski definition) is 2. The van der Waals surface area contributed by atoms with E-state index in [1.807, 2.05) is 6.07 Å². The van der Waals surface area contributed by atoms with Gasteiger partial charge in [-0.2, -0.15) is 10.4 Å². The van der Waals surface area contributed by atoms with Gasteiger partial charge >= 0.3 is 6.09 Å². The van der Waals surface area contributed by atoms with Crippen LogP contribution in [0.25, 0.3) is 10.9 Å². The Labute approximate surface area is 267 Å². The minimum Gasteiger partial charge on any atom is -0.447 e. The summed E-state index contributed by atoms with van der Waals surface area (Å²) in [6, 6.07) is 17.6. The Morgan fingerprint density at radius 3 is 2.67 bits per heavy atom. The zero-order valence-corrected chi connectivity index (χ0v) is 25.2. The summed E-state index contributed by atoms with van der Waals surface area (Å²) < 4.78 is 33.2. The van der Waals surface area contributed by atoms with Crippen molar-refractivity contribution >= 4 is 51.8 Å². The third-order valence-electron chi connectivity index (χ3n) is 8.38. The molecular weight excluding hydrogens is 618 g/mol. The van der Waals surface area contributed by atoms with Gasteiger partial charge in [0.05, 0.1) is 41.5 Å². The number of amides is 3. The smallest absolute Gasteiger partial charge is 0.414 e. The van der Waals surface area contributed by atoms with Crippen LogP contribution in [-0.2, 0) is 14.3 Å². The van der Waals surface area contributed by atoms with Gasteiger partial charge in [-0.3, -0.25) is 24.5 Å². The minimum atomic E-state index is -2.79. The summed E-state index contributed by atoms with van der Waals surface area (Å²) in [5.74, 6) is -3.92. The first-order valence-corrected chi connectivity index (χ1v) is 15.2. The third-order valence-corrected chi connectivity index (χ3v) is 8.72. The van der Waals surface area contributed by atoms with Crippen molar-refractivity contribution in [3.63, 3.8) is 0 Å². The van der Waals surface area contributed by atoms with Crippen LogP contribution < -0.4 is 15.1 Å². The second kappa shape index (κ2) is 12.8. The molecule has 2 atom stereocenters. The highest BCUT2D eigenvalue weighted by Crippen LogP contribution is 2.38. The number of benzene rings is 3. The maximum Gasteiger partial charge on any atom is 0.414 e. The minimum absolute atomic E-state index is 0.0797. The van der Waals surface area contributed by atoms with Gasteiger partial charge in [0.25, 0.3) is 0 Å². The van der Waals surface area contributed by atoms with Crippen molar-refractivity contribution in [1.82, 2.24) is 15.5 Å². The van der Waals surface area contributed by atoms with Gasteiger partial charge in [-0.25, -0.2) is 13.6 Å². The molecule has 46 heavy (non-hydrogen) atoms. The largest absolute Gasteiger partial charge is 0.447 e. The van der Waals surface area contributed by atoms with Gasteiger partial charge in [0.2, 0.25) is 17.7 Å². The number of nitrogens with one attached hydrogen (secondary N) is 2. The molecule has 236 valence electrons. The zero-order chi connectivity index (χ0) is 32.4. The van der Waals surface area contributed by atoms with E-state index >= 15 is 0 Å². The molecule has 1 aliphatic heterocycles. The number of rotatable bonds is 8. The highest BCUT2D eigenvalue weighted by Gasteiger charge is 2.42. The second-order valence-corrected chi connectivity index (χ2v) is 11.8. The molecule has 2 fully saturated rings. The number of hydrogen-bond acceptors (Lipinski definition) is 6. The Hall–Kier alpha value is -5.02. The van der Waals surface area contributed by atoms with Crippen molar-refractivity contribution < 1.29 is 27.9 Å². The lowest BCUT2D eigenvalue weighted by Gasteiger charge is -2.35. The summed E-state index contributed by atoms with van der Waals surface area (Å²) in [7, 11) is 0. The summed E-state index contributed by atoms with van der Waals surface area (Å²) >= 11 is 6.66. The van der Waals surface area contributed by atoms with Gasteiger partial charge < -0.3 is 10.1 Å². The van der Waals surface area contributed by atoms with Gasteiger partial charge in [-0.1, -0.05) is 48.0 Å². The van der Waals surface area contributed by atoms with Gasteiger partial charge in [0, 0.05) is 40.5 Å². The number of halogens is 3. The van der Waals surface area contributed by atoms with Crippen molar-refractivity contribution in [2.24, 2.45) is 0 Å². The molecule has 0 spiro atoms. The van der Waals surface area contributed by atoms with Crippen molar-refractivity contribution in [1.29, 1.82) is 5.26 Å². The second-order valence-electron chi connectivity index (χ2n) is 11.4. The van der Waals surface area contributed by atoms with E-state index < -0.39 is 42.0 Å². The summed E-state index contributed by atoms with van der Waals surface area (Å²) in [5.41, 5.74) is 1.85. The molecule has 1 aliphatic carbocycles. The highest BCUT2D eigenvalue weighted by molar-refractivity contribution is 6.31. The van der Waals surface area contributed by atoms with Crippen molar-refractivity contribution in [2.75, 3.05) is 16.4 Å². The molecule has 0 unspecified atom stereocenters. The standard InChI is InChI=1S/C33H29ClF2N6O4/c34-26-9-2-1-8-25(26)30(31(44)39-22-11-13-33(35,36)14-12-22)42(27-10-4-6-21-18-38-40-29(21)27)28(43)16-24-19-46-32(45)41(24)23-7-3-5-20(15-23)17-37/h1-10,15,18,22,24,30H,11-14,16,19H2,(H,38,40)(H,39,44)/t24-,30-/m0/s1. The van der Waals surface area contributed by atoms with Crippen LogP contribution in [0, 0.1) is 11.3 Å². The topological polar surface area (TPSA) is 131 Å². The number of cyclic esters (lactones) is 1. The molecule has 1 aromatic heterocycles. The summed E-state index contributed by atoms with van der Waals surface area (Å²) in [5, 5.41) is 20.2. The lowest BCUT2D eigenvalue weighted by Crippen LogP contribution is -2.49. The molecule has 2 aliphatic rings. The van der Waals surface area contributed by atoms with Crippen LogP contribution >= 0.6 is 11.6 Å². The van der Waals surface area contributed by atoms with Crippen LogP contribution in [-0.4, -0.2) is 52.7 Å². The molecule has 2 heterocycles. The number of para-hydroxylation sites is 1. The Bertz CT molecular complexity index is 1830. The summed E-state index contributed by atoms with van der Waals surface area (Å²) in [6.07, 6.45) is 0.0855. The van der Waals surface area contributed by atoms with E-state index in [0.717, 1.165) is 0 Å². The van der Waals surface area contributed by atoms with E-state index in [4.69, 9.17) is 16.3 Å². The maximum absolute atomic E-state index is 14.6. The number of carbonyl (C=O) groups is 3. The molecule has 10 nitrogen and oxygen atoms in total. The van der Waals surface area contributed by atoms with E-state index in [9.17, 15) is 28.4 Å². The molecule has 4 aromatic rings. The van der Waals surface area contributed by atoms with Crippen molar-refractivity contribution in [3.05, 3.63) is 89.1 Å². The van der Waals surface area contributed by atoms with Crippen LogP contribution in [0.4, 0.5) is 25.0 Å². The number of H-pyrrole nitrogens is 1. The fourth-order valence-corrected chi connectivity index (χ4v) is 6.32. The molecule has 0 bridgehead atoms. The molecule has 6 rings (SSSR count). The van der Waals surface area contributed by atoms with E-state index in [-0.39, 0.29) is 43.7 Å². The van der Waals surface area contributed by atoms with E-state index in [2.05, 4.69) is 15.5 Å². The van der Waals surface area contributed by atoms with E-state index in [0.29, 0.717) is 33.4 Å². The van der Waals surface area contributed by atoms with Gasteiger partial charge in [-0.05, 0) is 43.2 Å². The Morgan fingerprint density at radius 1 is 1.15 bits per heavy atom. The maximum atomic E-state index is 14.6. The van der Waals surface area contributed by atoms with Gasteiger partial charge in [0.1, 0.15) is 12.6 Å². The fourth-order valence-electron chi connectivity index (χ4n) is 6.08. The zero-order valence-electron chi connectivity index (χ0n) is 24.5. The van der Waals surface area contributed by atoms with Gasteiger partial charge in [-0.15, -0.1) is 0 Å². The van der Waals surface area contributed by atoms with E-state index in [1.165, 1.54) is 15.9 Å². The Balaban J connectivity index is 1.41. The SMILES string of the molecule is N#Cc1cccc(N2C(=O)OC[C@@H]2CC(=O)N(c2cccc3cn[nH]c23)[C@H](C(=O)NC2CCC(F)(F)CC2)c2ccccc2Cl)c1. The molecule has 2 N–H and O–H groups in total. The number of aromatic nitrogens is 2. The fraction of sp³-hybridized carbons (Fsp3) is 0.303. The molecular formula is C33H29ClF2N6O4. The number of aromatic amines is 1. The normalized spacial score (nSPS) is 18.5. The van der Waals surface area contributed by atoms with Crippen LogP contribution in [0.1, 0.15) is 49.3 Å². The molecule has 1 saturated heterocycles. The summed E-state index contributed by atoms with van der Waals surface area (Å²) in [4.78, 5) is 44.4. The lowest BCUT2D eigenvalue weighted by molar-refractivity contribution is -0.128. The number of nitriles is 1. The summed E-state index contributed by atoms with van der Waals surface area (Å²) in [6.45, 7) is -0.108. The average molecular weight is 647 g/mol. The van der Waals surface area contributed by atoms with Gasteiger partial charge in [0.15, 0.2) is 0 Å². The quantitative estimate of drug-likeness (QED) is 0.232.